The first-order chi connectivity index (χ1) is 12.4. The van der Waals surface area contributed by atoms with E-state index in [2.05, 4.69) is 15.4 Å². The van der Waals surface area contributed by atoms with Crippen LogP contribution in [-0.4, -0.2) is 25.8 Å². The fourth-order valence-corrected chi connectivity index (χ4v) is 2.91. The molecule has 0 spiro atoms. The van der Waals surface area contributed by atoms with Gasteiger partial charge in [-0.1, -0.05) is 12.1 Å². The molecule has 0 radical (unpaired) electrons. The van der Waals surface area contributed by atoms with E-state index in [1.165, 1.54) is 35.9 Å². The van der Waals surface area contributed by atoms with Crippen molar-refractivity contribution in [3.8, 4) is 22.6 Å². The first kappa shape index (κ1) is 15.9. The number of halogens is 1. The maximum absolute atomic E-state index is 13.2. The molecule has 1 aliphatic heterocycles. The molecule has 26 heavy (non-hydrogen) atoms. The molecule has 2 N–H and O–H groups in total. The molecule has 1 atom stereocenters. The summed E-state index contributed by atoms with van der Waals surface area (Å²) in [5, 5.41) is 17.0. The van der Waals surface area contributed by atoms with Crippen molar-refractivity contribution in [2.75, 3.05) is 5.32 Å². The van der Waals surface area contributed by atoms with Crippen molar-refractivity contribution in [2.45, 2.75) is 12.6 Å². The Morgan fingerprint density at radius 1 is 1.19 bits per heavy atom. The largest absolute Gasteiger partial charge is 0.478 e. The highest BCUT2D eigenvalue weighted by Crippen LogP contribution is 2.36. The number of aromatic nitrogens is 3. The monoisotopic (exact) mass is 352 g/mol. The smallest absolute Gasteiger partial charge is 0.352 e. The molecular weight excluding hydrogens is 339 g/mol. The lowest BCUT2D eigenvalue weighted by molar-refractivity contribution is -0.145. The molecule has 2 aromatic carbocycles. The Balaban J connectivity index is 2.02. The second-order valence-corrected chi connectivity index (χ2v) is 6.06. The number of para-hydroxylation sites is 1. The molecule has 0 aliphatic carbocycles. The number of hydrogen-bond donors (Lipinski definition) is 2. The van der Waals surface area contributed by atoms with Gasteiger partial charge >= 0.3 is 5.97 Å². The fraction of sp³-hybridized carbons (Fsp3) is 0.111. The highest BCUT2D eigenvalue weighted by atomic mass is 19.1. The van der Waals surface area contributed by atoms with Crippen molar-refractivity contribution >= 4 is 11.7 Å². The molecule has 0 saturated carbocycles. The van der Waals surface area contributed by atoms with Gasteiger partial charge in [0.25, 0.3) is 5.56 Å². The van der Waals surface area contributed by atoms with E-state index in [0.717, 1.165) is 0 Å². The molecule has 7 nitrogen and oxygen atoms in total. The molecular formula is C18H13FN4O3. The number of benzene rings is 2. The lowest BCUT2D eigenvalue weighted by Crippen LogP contribution is -2.51. The van der Waals surface area contributed by atoms with Gasteiger partial charge in [0, 0.05) is 16.8 Å². The van der Waals surface area contributed by atoms with Crippen LogP contribution >= 0.6 is 0 Å². The summed E-state index contributed by atoms with van der Waals surface area (Å²) in [5.74, 6) is -1.48. The van der Waals surface area contributed by atoms with Crippen molar-refractivity contribution in [1.29, 1.82) is 0 Å². The van der Waals surface area contributed by atoms with Gasteiger partial charge in [-0.3, -0.25) is 4.79 Å². The Hall–Kier alpha value is -3.55. The Morgan fingerprint density at radius 2 is 1.88 bits per heavy atom. The standard InChI is InChI=1S/C18H13FN4O3/c1-18(17(25)26)21-13-5-3-2-4-12(13)15-20-16(24)14(22-23(15)18)10-6-8-11(19)9-7-10/h2-9,21H,1H3,(H,25,26)/t18-/m0/s1. The van der Waals surface area contributed by atoms with Crippen LogP contribution < -0.4 is 10.9 Å². The van der Waals surface area contributed by atoms with Crippen LogP contribution in [0.1, 0.15) is 6.92 Å². The van der Waals surface area contributed by atoms with Crippen LogP contribution in [0.4, 0.5) is 10.1 Å². The van der Waals surface area contributed by atoms with E-state index in [0.29, 0.717) is 16.8 Å². The van der Waals surface area contributed by atoms with Gasteiger partial charge in [-0.15, -0.1) is 0 Å². The number of aliphatic carboxylic acids is 1. The van der Waals surface area contributed by atoms with Crippen LogP contribution in [-0.2, 0) is 10.5 Å². The van der Waals surface area contributed by atoms with E-state index < -0.39 is 23.0 Å². The van der Waals surface area contributed by atoms with E-state index >= 15 is 0 Å². The SMILES string of the molecule is C[C@]1(C(=O)O)Nc2ccccc2-c2nc(=O)c(-c3ccc(F)cc3)nn21. The van der Waals surface area contributed by atoms with Gasteiger partial charge in [-0.2, -0.15) is 10.1 Å². The van der Waals surface area contributed by atoms with Crippen LogP contribution in [0.15, 0.2) is 53.3 Å². The Labute approximate surface area is 146 Å². The lowest BCUT2D eigenvalue weighted by Gasteiger charge is -2.35. The molecule has 4 rings (SSSR count). The van der Waals surface area contributed by atoms with Crippen LogP contribution in [0.2, 0.25) is 0 Å². The lowest BCUT2D eigenvalue weighted by atomic mass is 10.0. The summed E-state index contributed by atoms with van der Waals surface area (Å²) in [4.78, 5) is 28.5. The second-order valence-electron chi connectivity index (χ2n) is 6.06. The Morgan fingerprint density at radius 3 is 2.58 bits per heavy atom. The summed E-state index contributed by atoms with van der Waals surface area (Å²) in [6.45, 7) is 1.43. The molecule has 2 heterocycles. The summed E-state index contributed by atoms with van der Waals surface area (Å²) >= 11 is 0. The third-order valence-electron chi connectivity index (χ3n) is 4.31. The third kappa shape index (κ3) is 2.26. The van der Waals surface area contributed by atoms with Crippen molar-refractivity contribution < 1.29 is 14.3 Å². The minimum absolute atomic E-state index is 0.0533. The average molecular weight is 352 g/mol. The fourth-order valence-electron chi connectivity index (χ4n) is 2.91. The zero-order valence-electron chi connectivity index (χ0n) is 13.6. The molecule has 0 bridgehead atoms. The summed E-state index contributed by atoms with van der Waals surface area (Å²) in [7, 11) is 0. The molecule has 0 fully saturated rings. The molecule has 130 valence electrons. The number of nitrogens with zero attached hydrogens (tertiary/aromatic N) is 3. The quantitative estimate of drug-likeness (QED) is 0.734. The van der Waals surface area contributed by atoms with Crippen molar-refractivity contribution in [3.63, 3.8) is 0 Å². The maximum Gasteiger partial charge on any atom is 0.352 e. The number of carboxylic acids is 1. The van der Waals surface area contributed by atoms with Gasteiger partial charge in [-0.25, -0.2) is 13.9 Å². The molecule has 8 heteroatoms. The number of hydrogen-bond acceptors (Lipinski definition) is 5. The number of carboxylic acid groups (broad SMARTS) is 1. The first-order valence-electron chi connectivity index (χ1n) is 7.79. The van der Waals surface area contributed by atoms with Crippen LogP contribution in [0, 0.1) is 5.82 Å². The summed E-state index contributed by atoms with van der Waals surface area (Å²) < 4.78 is 14.3. The van der Waals surface area contributed by atoms with Gasteiger partial charge in [-0.05, 0) is 43.3 Å². The summed E-state index contributed by atoms with van der Waals surface area (Å²) in [5.41, 5.74) is -0.846. The van der Waals surface area contributed by atoms with Gasteiger partial charge in [0.05, 0.1) is 0 Å². The molecule has 3 aromatic rings. The normalized spacial score (nSPS) is 17.8. The third-order valence-corrected chi connectivity index (χ3v) is 4.31. The molecule has 1 aromatic heterocycles. The van der Waals surface area contributed by atoms with Crippen molar-refractivity contribution in [1.82, 2.24) is 14.8 Å². The van der Waals surface area contributed by atoms with E-state index in [-0.39, 0.29) is 11.5 Å². The Bertz CT molecular complexity index is 1090. The molecule has 0 unspecified atom stereocenters. The zero-order chi connectivity index (χ0) is 18.5. The van der Waals surface area contributed by atoms with Crippen LogP contribution in [0.25, 0.3) is 22.6 Å². The van der Waals surface area contributed by atoms with Gasteiger partial charge in [0.15, 0.2) is 11.5 Å². The highest BCUT2D eigenvalue weighted by Gasteiger charge is 2.42. The predicted octanol–water partition coefficient (Wildman–Crippen LogP) is 2.29. The topological polar surface area (TPSA) is 97.1 Å². The summed E-state index contributed by atoms with van der Waals surface area (Å²) in [6, 6.07) is 12.1. The predicted molar refractivity (Wildman–Crippen MR) is 92.0 cm³/mol. The number of nitrogens with one attached hydrogen (secondary N) is 1. The second kappa shape index (κ2) is 5.48. The minimum atomic E-state index is -1.64. The molecule has 1 aliphatic rings. The van der Waals surface area contributed by atoms with Crippen molar-refractivity contribution in [2.24, 2.45) is 0 Å². The zero-order valence-corrected chi connectivity index (χ0v) is 13.6. The number of anilines is 1. The van der Waals surface area contributed by atoms with Crippen LogP contribution in [0.3, 0.4) is 0 Å². The van der Waals surface area contributed by atoms with E-state index in [4.69, 9.17) is 0 Å². The Kier molecular flexibility index (Phi) is 3.36. The first-order valence-corrected chi connectivity index (χ1v) is 7.79. The maximum atomic E-state index is 13.2. The highest BCUT2D eigenvalue weighted by molar-refractivity contribution is 5.87. The minimum Gasteiger partial charge on any atom is -0.478 e. The van der Waals surface area contributed by atoms with Crippen LogP contribution in [0.5, 0.6) is 0 Å². The number of fused-ring (bicyclic) bond motifs is 3. The van der Waals surface area contributed by atoms with E-state index in [9.17, 15) is 19.1 Å². The van der Waals surface area contributed by atoms with Gasteiger partial charge < -0.3 is 10.4 Å². The number of carbonyl (C=O) groups is 1. The molecule has 0 amide bonds. The average Bonchev–Trinajstić information content (AvgIpc) is 2.62. The number of rotatable bonds is 2. The van der Waals surface area contributed by atoms with Crippen molar-refractivity contribution in [3.05, 3.63) is 64.7 Å². The van der Waals surface area contributed by atoms with E-state index in [1.54, 1.807) is 24.3 Å². The van der Waals surface area contributed by atoms with E-state index in [1.807, 2.05) is 0 Å². The summed E-state index contributed by atoms with van der Waals surface area (Å²) in [6.07, 6.45) is 0. The van der Waals surface area contributed by atoms with Gasteiger partial charge in [0.1, 0.15) is 5.82 Å². The molecule has 0 saturated heterocycles. The van der Waals surface area contributed by atoms with Gasteiger partial charge in [0.2, 0.25) is 5.66 Å².